The molecule has 0 radical (unpaired) electrons. The van der Waals surface area contributed by atoms with E-state index in [1.165, 1.54) is 15.9 Å². The Labute approximate surface area is 182 Å². The maximum Gasteiger partial charge on any atom is 1.00 e. The van der Waals surface area contributed by atoms with E-state index in [9.17, 15) is 0 Å². The number of hydrogen-bond donors (Lipinski definition) is 0. The van der Waals surface area contributed by atoms with Crippen LogP contribution in [0, 0.1) is 0 Å². The quantitative estimate of drug-likeness (QED) is 0.267. The molecule has 0 aliphatic carbocycles. The fourth-order valence-corrected chi connectivity index (χ4v) is 6.09. The van der Waals surface area contributed by atoms with Crippen molar-refractivity contribution in [3.05, 3.63) is 91.0 Å². The van der Waals surface area contributed by atoms with Crippen LogP contribution in [0.2, 0.25) is 0 Å². The first-order valence-electron chi connectivity index (χ1n) is 8.22. The van der Waals surface area contributed by atoms with Crippen molar-refractivity contribution in [1.29, 1.82) is 0 Å². The first-order valence-corrected chi connectivity index (χ1v) is 11.1. The Hall–Kier alpha value is -0.930. The molecule has 0 bridgehead atoms. The molecule has 3 aromatic rings. The van der Waals surface area contributed by atoms with Gasteiger partial charge in [-0.1, -0.05) is 59.0 Å². The molecule has 26 heavy (non-hydrogen) atoms. The van der Waals surface area contributed by atoms with Gasteiger partial charge < -0.3 is 17.6 Å². The first-order chi connectivity index (χ1) is 12.3. The van der Waals surface area contributed by atoms with Crippen LogP contribution >= 0.6 is 19.7 Å². The van der Waals surface area contributed by atoms with Crippen LogP contribution in [0.1, 0.15) is 0 Å². The van der Waals surface area contributed by atoms with Crippen LogP contribution in [-0.4, -0.2) is 16.7 Å². The summed E-state index contributed by atoms with van der Waals surface area (Å²) in [5, 5.41) is 4.31. The molecule has 136 valence electrons. The Kier molecular flexibility index (Phi) is 9.63. The summed E-state index contributed by atoms with van der Waals surface area (Å²) in [5.74, 6) is 1.10. The molecule has 0 fully saturated rings. The Bertz CT molecular complexity index is 704. The van der Waals surface area contributed by atoms with Gasteiger partial charge in [-0.05, 0) is 36.4 Å². The van der Waals surface area contributed by atoms with Crippen LogP contribution in [0.3, 0.4) is 0 Å². The third-order valence-electron chi connectivity index (χ3n) is 3.75. The second-order valence-corrected chi connectivity index (χ2v) is 9.68. The average Bonchev–Trinajstić information content (AvgIpc) is 3.16. The number of nitrogens with zero attached hydrogens (tertiary/aromatic N) is 1. The predicted octanol–water partition coefficient (Wildman–Crippen LogP) is 3.81. The van der Waals surface area contributed by atoms with Crippen molar-refractivity contribution in [1.82, 2.24) is 0 Å². The Morgan fingerprint density at radius 3 is 1.31 bits per heavy atom. The summed E-state index contributed by atoms with van der Waals surface area (Å²) in [6.45, 7) is 0.934. The fraction of sp³-hybridized carbons (Fsp3) is 0.0952. The van der Waals surface area contributed by atoms with E-state index >= 15 is 0 Å². The van der Waals surface area contributed by atoms with Crippen LogP contribution in [0.15, 0.2) is 96.0 Å². The van der Waals surface area contributed by atoms with Gasteiger partial charge >= 0.3 is 22.4 Å². The summed E-state index contributed by atoms with van der Waals surface area (Å²) in [6, 6.07) is 32.5. The van der Waals surface area contributed by atoms with Crippen LogP contribution in [0.25, 0.3) is 0 Å². The van der Waals surface area contributed by atoms with Crippen molar-refractivity contribution in [3.63, 3.8) is 0 Å². The summed E-state index contributed by atoms with van der Waals surface area (Å²) in [4.78, 5) is 3.93. The zero-order valence-electron chi connectivity index (χ0n) is 14.1. The van der Waals surface area contributed by atoms with Gasteiger partial charge in [0.2, 0.25) is 0 Å². The molecule has 5 heteroatoms. The van der Waals surface area contributed by atoms with Crippen LogP contribution < -0.4 is 15.9 Å². The molecule has 0 aromatic heterocycles. The minimum absolute atomic E-state index is 0. The van der Waals surface area contributed by atoms with E-state index in [2.05, 4.69) is 96.0 Å². The number of thioether (sulfide) groups is 1. The second kappa shape index (κ2) is 11.7. The molecule has 1 aliphatic rings. The first kappa shape index (κ1) is 21.4. The molecule has 0 saturated carbocycles. The van der Waals surface area contributed by atoms with E-state index in [-0.39, 0.29) is 22.4 Å². The summed E-state index contributed by atoms with van der Waals surface area (Å²) >= 11 is 6.38. The molecular formula is C21H20AuNPS2+. The molecule has 0 saturated heterocycles. The van der Waals surface area contributed by atoms with Crippen molar-refractivity contribution in [3.8, 4) is 0 Å². The second-order valence-electron chi connectivity index (χ2n) is 5.47. The van der Waals surface area contributed by atoms with Gasteiger partial charge in [0.1, 0.15) is 15.9 Å². The van der Waals surface area contributed by atoms with Gasteiger partial charge in [0.15, 0.2) is 0 Å². The molecule has 1 heterocycles. The van der Waals surface area contributed by atoms with E-state index in [1.807, 2.05) is 0 Å². The van der Waals surface area contributed by atoms with Crippen LogP contribution in [-0.2, 0) is 35.0 Å². The van der Waals surface area contributed by atoms with Crippen LogP contribution in [0.5, 0.6) is 0 Å². The maximum atomic E-state index is 4.72. The molecule has 1 nitrogen and oxygen atoms in total. The summed E-state index contributed by atoms with van der Waals surface area (Å²) in [5.41, 5.74) is 0. The van der Waals surface area contributed by atoms with Gasteiger partial charge in [0, 0.05) is 12.3 Å². The molecule has 3 aromatic carbocycles. The van der Waals surface area contributed by atoms with E-state index < -0.39 is 7.92 Å². The molecule has 0 spiro atoms. The largest absolute Gasteiger partial charge is 1.00 e. The molecular weight excluding hydrogens is 558 g/mol. The summed E-state index contributed by atoms with van der Waals surface area (Å²) < 4.78 is 0.829. The van der Waals surface area contributed by atoms with Crippen molar-refractivity contribution in [2.75, 3.05) is 12.3 Å². The summed E-state index contributed by atoms with van der Waals surface area (Å²) in [6.07, 6.45) is 0. The number of benzene rings is 3. The Balaban J connectivity index is 0.000000297. The van der Waals surface area contributed by atoms with E-state index in [1.54, 1.807) is 11.8 Å². The topological polar surface area (TPSA) is 12.4 Å². The number of aliphatic imine (C=N–C) groups is 1. The average molecular weight is 578 g/mol. The Morgan fingerprint density at radius 2 is 1.08 bits per heavy atom. The fourth-order valence-electron chi connectivity index (χ4n) is 2.63. The van der Waals surface area contributed by atoms with Gasteiger partial charge in [-0.2, -0.15) is 0 Å². The van der Waals surface area contributed by atoms with Gasteiger partial charge in [-0.15, -0.1) is 11.8 Å². The molecule has 0 atom stereocenters. The smallest absolute Gasteiger partial charge is 0.754 e. The zero-order chi connectivity index (χ0) is 17.3. The molecule has 0 amide bonds. The predicted molar refractivity (Wildman–Crippen MR) is 119 cm³/mol. The van der Waals surface area contributed by atoms with Gasteiger partial charge in [0.25, 0.3) is 0 Å². The zero-order valence-corrected chi connectivity index (χ0v) is 18.9. The van der Waals surface area contributed by atoms with E-state index in [4.69, 9.17) is 12.6 Å². The van der Waals surface area contributed by atoms with Crippen molar-refractivity contribution in [2.45, 2.75) is 0 Å². The maximum absolute atomic E-state index is 4.72. The SMILES string of the molecule is [Au+].[S-]C1=NCCS1.c1ccc([PH+](c2ccccc2)c2ccccc2)cc1. The number of hydrogen-bond acceptors (Lipinski definition) is 3. The normalized spacial score (nSPS) is 12.6. The van der Waals surface area contributed by atoms with Gasteiger partial charge in [-0.3, -0.25) is 0 Å². The minimum atomic E-state index is -0.877. The Morgan fingerprint density at radius 1 is 0.692 bits per heavy atom. The van der Waals surface area contributed by atoms with E-state index in [0.717, 1.165) is 16.7 Å². The standard InChI is InChI=1S/C18H15P.C3H5NS2.Au/c1-4-10-16(11-5-1)19(17-12-6-2-7-13-17)18-14-8-3-9-15-18;5-3-4-1-2-6-3;/h1-15H;1-2H2,(H,4,5);/q;;+1. The minimum Gasteiger partial charge on any atom is -0.754 e. The molecule has 0 unspecified atom stereocenters. The third kappa shape index (κ3) is 6.35. The van der Waals surface area contributed by atoms with Crippen molar-refractivity contribution >= 4 is 52.6 Å². The molecule has 0 N–H and O–H groups in total. The molecule has 1 aliphatic heterocycles. The monoisotopic (exact) mass is 578 g/mol. The van der Waals surface area contributed by atoms with Gasteiger partial charge in [-0.25, -0.2) is 0 Å². The van der Waals surface area contributed by atoms with Crippen LogP contribution in [0.4, 0.5) is 0 Å². The third-order valence-corrected chi connectivity index (χ3v) is 7.72. The summed E-state index contributed by atoms with van der Waals surface area (Å²) in [7, 11) is -0.877. The van der Waals surface area contributed by atoms with Crippen molar-refractivity contribution in [2.24, 2.45) is 4.99 Å². The van der Waals surface area contributed by atoms with E-state index in [0.29, 0.717) is 0 Å². The number of rotatable bonds is 3. The van der Waals surface area contributed by atoms with Gasteiger partial charge in [0.05, 0.1) is 7.92 Å². The van der Waals surface area contributed by atoms with Crippen molar-refractivity contribution < 1.29 is 22.4 Å². The molecule has 4 rings (SSSR count).